The van der Waals surface area contributed by atoms with E-state index in [1.165, 1.54) is 11.1 Å². The van der Waals surface area contributed by atoms with Gasteiger partial charge in [-0.15, -0.1) is 0 Å². The highest BCUT2D eigenvalue weighted by atomic mass is 16.5. The molecule has 0 fully saturated rings. The van der Waals surface area contributed by atoms with Crippen LogP contribution in [0.3, 0.4) is 0 Å². The Labute approximate surface area is 364 Å². The lowest BCUT2D eigenvalue weighted by atomic mass is 9.92. The molecular formula is C54H52N6O2. The van der Waals surface area contributed by atoms with Gasteiger partial charge in [-0.2, -0.15) is 0 Å². The van der Waals surface area contributed by atoms with Crippen LogP contribution in [0.2, 0.25) is 0 Å². The molecular weight excluding hydrogens is 765 g/mol. The van der Waals surface area contributed by atoms with Gasteiger partial charge in [0.05, 0.1) is 6.61 Å². The molecule has 0 saturated heterocycles. The summed E-state index contributed by atoms with van der Waals surface area (Å²) in [6, 6.07) is 60.8. The number of benzene rings is 8. The van der Waals surface area contributed by atoms with Crippen LogP contribution in [0.5, 0.6) is 11.5 Å². The van der Waals surface area contributed by atoms with Crippen molar-refractivity contribution in [2.45, 2.75) is 26.0 Å². The van der Waals surface area contributed by atoms with E-state index in [1.807, 2.05) is 127 Å². The van der Waals surface area contributed by atoms with Gasteiger partial charge in [-0.25, -0.2) is 0 Å². The summed E-state index contributed by atoms with van der Waals surface area (Å²) in [5.41, 5.74) is 41.0. The lowest BCUT2D eigenvalue weighted by molar-refractivity contribution is 0.307. The van der Waals surface area contributed by atoms with Crippen LogP contribution < -0.4 is 43.0 Å². The van der Waals surface area contributed by atoms with E-state index >= 15 is 0 Å². The van der Waals surface area contributed by atoms with Gasteiger partial charge in [0.1, 0.15) is 18.1 Å². The molecule has 0 unspecified atom stereocenters. The molecule has 0 aromatic heterocycles. The van der Waals surface area contributed by atoms with E-state index < -0.39 is 0 Å². The fraction of sp³-hybridized carbons (Fsp3) is 0.111. The van der Waals surface area contributed by atoms with Gasteiger partial charge in [-0.05, 0) is 93.9 Å². The topological polar surface area (TPSA) is 147 Å². The number of anilines is 6. The van der Waals surface area contributed by atoms with Gasteiger partial charge in [0.25, 0.3) is 0 Å². The molecule has 0 amide bonds. The maximum Gasteiger partial charge on any atom is 0.130 e. The van der Waals surface area contributed by atoms with Crippen LogP contribution in [0.1, 0.15) is 22.3 Å². The minimum atomic E-state index is 0.322. The lowest BCUT2D eigenvalue weighted by Gasteiger charge is -2.22. The number of nitrogens with two attached hydrogens (primary N) is 4. The molecule has 310 valence electrons. The fourth-order valence-electron chi connectivity index (χ4n) is 7.81. The van der Waals surface area contributed by atoms with Gasteiger partial charge in [0.15, 0.2) is 0 Å². The normalized spacial score (nSPS) is 10.9. The molecule has 0 heterocycles. The minimum absolute atomic E-state index is 0.322. The zero-order valence-electron chi connectivity index (χ0n) is 34.7. The first-order valence-electron chi connectivity index (χ1n) is 20.9. The lowest BCUT2D eigenvalue weighted by Crippen LogP contribution is -2.09. The van der Waals surface area contributed by atoms with Gasteiger partial charge in [-0.1, -0.05) is 127 Å². The maximum atomic E-state index is 7.17. The number of rotatable bonds is 17. The third-order valence-corrected chi connectivity index (χ3v) is 10.8. The van der Waals surface area contributed by atoms with Crippen molar-refractivity contribution in [2.75, 3.05) is 46.7 Å². The van der Waals surface area contributed by atoms with E-state index in [0.29, 0.717) is 66.1 Å². The van der Waals surface area contributed by atoms with Gasteiger partial charge in [-0.3, -0.25) is 0 Å². The molecule has 8 heteroatoms. The molecule has 0 aliphatic carbocycles. The summed E-state index contributed by atoms with van der Waals surface area (Å²) in [7, 11) is 0. The SMILES string of the molecule is Nc1cc(OCCc2ccccc2)cc(-c2c(N)cc(-c3c(N)cc(-c4c(N)cccc4NCc4ccccc4)cc3NCCc3ccccc3)cc2OCc2ccccc2)c1. The minimum Gasteiger partial charge on any atom is -0.493 e. The molecule has 10 N–H and O–H groups in total. The van der Waals surface area contributed by atoms with E-state index in [9.17, 15) is 0 Å². The molecule has 8 rings (SSSR count). The van der Waals surface area contributed by atoms with Crippen LogP contribution in [0, 0.1) is 0 Å². The van der Waals surface area contributed by atoms with Crippen molar-refractivity contribution < 1.29 is 9.47 Å². The smallest absolute Gasteiger partial charge is 0.130 e. The number of ether oxygens (including phenoxy) is 2. The first-order valence-corrected chi connectivity index (χ1v) is 20.9. The Kier molecular flexibility index (Phi) is 12.9. The first kappa shape index (κ1) is 40.9. The first-order chi connectivity index (χ1) is 30.4. The van der Waals surface area contributed by atoms with Gasteiger partial charge in [0.2, 0.25) is 0 Å². The summed E-state index contributed by atoms with van der Waals surface area (Å²) in [6.07, 6.45) is 1.57. The number of hydrogen-bond donors (Lipinski definition) is 6. The molecule has 0 spiro atoms. The third kappa shape index (κ3) is 10.1. The molecule has 0 saturated carbocycles. The predicted octanol–water partition coefficient (Wildman–Crippen LogP) is 11.5. The monoisotopic (exact) mass is 816 g/mol. The molecule has 8 nitrogen and oxygen atoms in total. The molecule has 0 atom stereocenters. The van der Waals surface area contributed by atoms with Gasteiger partial charge >= 0.3 is 0 Å². The second-order valence-electron chi connectivity index (χ2n) is 15.3. The van der Waals surface area contributed by atoms with Crippen LogP contribution in [0.25, 0.3) is 33.4 Å². The van der Waals surface area contributed by atoms with Crippen LogP contribution in [-0.4, -0.2) is 13.2 Å². The third-order valence-electron chi connectivity index (χ3n) is 10.8. The Morgan fingerprint density at radius 1 is 0.403 bits per heavy atom. The van der Waals surface area contributed by atoms with Gasteiger partial charge < -0.3 is 43.0 Å². The Hall–Kier alpha value is -7.84. The molecule has 0 aliphatic rings. The van der Waals surface area contributed by atoms with E-state index in [4.69, 9.17) is 32.4 Å². The number of nitrogen functional groups attached to an aromatic ring is 4. The van der Waals surface area contributed by atoms with Crippen LogP contribution in [0.15, 0.2) is 182 Å². The van der Waals surface area contributed by atoms with Crippen molar-refractivity contribution >= 4 is 34.1 Å². The molecule has 8 aromatic carbocycles. The molecule has 0 bridgehead atoms. The van der Waals surface area contributed by atoms with Crippen LogP contribution >= 0.6 is 0 Å². The highest BCUT2D eigenvalue weighted by Gasteiger charge is 2.21. The number of hydrogen-bond acceptors (Lipinski definition) is 8. The Bertz CT molecular complexity index is 2730. The molecule has 0 aliphatic heterocycles. The fourth-order valence-corrected chi connectivity index (χ4v) is 7.81. The van der Waals surface area contributed by atoms with E-state index in [-0.39, 0.29) is 0 Å². The Balaban J connectivity index is 1.20. The summed E-state index contributed by atoms with van der Waals surface area (Å²) in [5, 5.41) is 7.36. The summed E-state index contributed by atoms with van der Waals surface area (Å²) >= 11 is 0. The number of nitrogens with one attached hydrogen (secondary N) is 2. The molecule has 0 radical (unpaired) electrons. The second kappa shape index (κ2) is 19.5. The van der Waals surface area contributed by atoms with E-state index in [1.54, 1.807) is 0 Å². The summed E-state index contributed by atoms with van der Waals surface area (Å²) in [5.74, 6) is 1.24. The zero-order valence-corrected chi connectivity index (χ0v) is 34.7. The summed E-state index contributed by atoms with van der Waals surface area (Å²) < 4.78 is 13.0. The summed E-state index contributed by atoms with van der Waals surface area (Å²) in [4.78, 5) is 0. The van der Waals surface area contributed by atoms with Gasteiger partial charge in [0, 0.05) is 76.4 Å². The van der Waals surface area contributed by atoms with Crippen molar-refractivity contribution in [3.05, 3.63) is 204 Å². The quantitative estimate of drug-likeness (QED) is 0.0498. The van der Waals surface area contributed by atoms with Crippen LogP contribution in [-0.2, 0) is 26.0 Å². The Morgan fingerprint density at radius 3 is 1.65 bits per heavy atom. The molecule has 8 aromatic rings. The standard InChI is InChI=1S/C54H52N6O2/c55-44-28-41(29-45(34-44)61-27-25-38-16-7-2-8-17-38)54-48(58)31-43(33-51(54)62-36-40-20-11-4-12-21-40)53-47(57)30-42(32-50(53)59-26-24-37-14-5-1-6-15-37)52-46(56)22-13-23-49(52)60-35-39-18-9-3-10-19-39/h1-23,28-34,59-60H,24-27,35-36,55-58H2. The van der Waals surface area contributed by atoms with Crippen molar-refractivity contribution in [1.82, 2.24) is 0 Å². The highest BCUT2D eigenvalue weighted by molar-refractivity contribution is 5.98. The average molecular weight is 817 g/mol. The Morgan fingerprint density at radius 2 is 0.968 bits per heavy atom. The maximum absolute atomic E-state index is 7.17. The van der Waals surface area contributed by atoms with Crippen molar-refractivity contribution in [3.63, 3.8) is 0 Å². The van der Waals surface area contributed by atoms with Crippen molar-refractivity contribution in [1.29, 1.82) is 0 Å². The zero-order chi connectivity index (χ0) is 42.7. The van der Waals surface area contributed by atoms with Crippen molar-refractivity contribution in [3.8, 4) is 44.9 Å². The van der Waals surface area contributed by atoms with E-state index in [0.717, 1.165) is 63.2 Å². The summed E-state index contributed by atoms with van der Waals surface area (Å²) in [6.45, 7) is 2.11. The largest absolute Gasteiger partial charge is 0.493 e. The second-order valence-corrected chi connectivity index (χ2v) is 15.3. The average Bonchev–Trinajstić information content (AvgIpc) is 3.28. The van der Waals surface area contributed by atoms with E-state index in [2.05, 4.69) is 65.2 Å². The predicted molar refractivity (Wildman–Crippen MR) is 259 cm³/mol. The highest BCUT2D eigenvalue weighted by Crippen LogP contribution is 2.47. The van der Waals surface area contributed by atoms with Crippen LogP contribution in [0.4, 0.5) is 34.1 Å². The van der Waals surface area contributed by atoms with Crippen molar-refractivity contribution in [2.24, 2.45) is 0 Å². The molecule has 62 heavy (non-hydrogen) atoms.